The van der Waals surface area contributed by atoms with E-state index in [1.165, 1.54) is 24.7 Å². The minimum atomic E-state index is -4.67. The summed E-state index contributed by atoms with van der Waals surface area (Å²) < 4.78 is 42.9. The number of carbonyl (C=O) groups excluding carboxylic acids is 1. The number of alkyl halides is 3. The number of nitrogens with zero attached hydrogens (tertiary/aromatic N) is 5. The number of imidazole rings is 1. The van der Waals surface area contributed by atoms with Gasteiger partial charge >= 0.3 is 6.18 Å². The highest BCUT2D eigenvalue weighted by Gasteiger charge is 2.34. The zero-order valence-corrected chi connectivity index (χ0v) is 17.4. The molecule has 2 N–H and O–H groups in total. The fraction of sp³-hybridized carbons (Fsp3) is 0.0417. The summed E-state index contributed by atoms with van der Waals surface area (Å²) in [6.07, 6.45) is 3.15. The van der Waals surface area contributed by atoms with Crippen LogP contribution < -0.4 is 5.73 Å². The van der Waals surface area contributed by atoms with Crippen molar-refractivity contribution >= 4 is 16.8 Å². The van der Waals surface area contributed by atoms with Crippen LogP contribution in [0.25, 0.3) is 39.0 Å². The summed E-state index contributed by atoms with van der Waals surface area (Å²) in [5, 5.41) is 0.482. The summed E-state index contributed by atoms with van der Waals surface area (Å²) in [6, 6.07) is 12.5. The molecule has 168 valence electrons. The average molecular weight is 460 g/mol. The lowest BCUT2D eigenvalue weighted by molar-refractivity contribution is -0.140. The van der Waals surface area contributed by atoms with Gasteiger partial charge in [-0.15, -0.1) is 0 Å². The topological polar surface area (TPSA) is 99.6 Å². The number of benzene rings is 1. The first-order valence-corrected chi connectivity index (χ1v) is 10.0. The maximum atomic E-state index is 13.8. The number of rotatable bonds is 4. The minimum Gasteiger partial charge on any atom is -0.364 e. The largest absolute Gasteiger partial charge is 0.433 e. The van der Waals surface area contributed by atoms with Crippen molar-refractivity contribution in [3.63, 3.8) is 0 Å². The molecule has 0 aliphatic carbocycles. The van der Waals surface area contributed by atoms with Crippen molar-refractivity contribution in [1.82, 2.24) is 24.5 Å². The number of halogens is 3. The lowest BCUT2D eigenvalue weighted by Crippen LogP contribution is -2.12. The second-order valence-corrected chi connectivity index (χ2v) is 7.43. The molecule has 0 aliphatic heterocycles. The van der Waals surface area contributed by atoms with Crippen molar-refractivity contribution in [2.75, 3.05) is 0 Å². The third kappa shape index (κ3) is 3.85. The van der Waals surface area contributed by atoms with Crippen LogP contribution in [0.2, 0.25) is 0 Å². The van der Waals surface area contributed by atoms with Crippen LogP contribution in [-0.2, 0) is 6.18 Å². The quantitative estimate of drug-likeness (QED) is 0.421. The molecule has 10 heteroatoms. The van der Waals surface area contributed by atoms with Crippen LogP contribution in [0, 0.1) is 0 Å². The van der Waals surface area contributed by atoms with E-state index in [0.717, 1.165) is 11.6 Å². The van der Waals surface area contributed by atoms with Crippen molar-refractivity contribution in [3.05, 3.63) is 91.0 Å². The highest BCUT2D eigenvalue weighted by molar-refractivity contribution is 5.99. The molecule has 34 heavy (non-hydrogen) atoms. The van der Waals surface area contributed by atoms with Gasteiger partial charge in [-0.25, -0.2) is 9.97 Å². The molecule has 5 aromatic rings. The van der Waals surface area contributed by atoms with Gasteiger partial charge in [-0.05, 0) is 35.9 Å². The molecule has 4 aromatic heterocycles. The van der Waals surface area contributed by atoms with Crippen LogP contribution >= 0.6 is 0 Å². The van der Waals surface area contributed by atoms with Gasteiger partial charge in [0.1, 0.15) is 11.4 Å². The van der Waals surface area contributed by atoms with E-state index in [-0.39, 0.29) is 16.8 Å². The molecule has 0 bridgehead atoms. The van der Waals surface area contributed by atoms with Crippen LogP contribution in [0.4, 0.5) is 13.2 Å². The standard InChI is InChI=1S/C24H15F3N6O/c25-24(26,27)21-9-17(14-6-7-18(23(28)34)30-11-14)16-4-1-5-20(22(16)32-21)33-12-19(31-13-33)15-3-2-8-29-10-15/h1-13H,(H2,28,34). The number of nitrogens with two attached hydrogens (primary N) is 1. The molecule has 5 rings (SSSR count). The van der Waals surface area contributed by atoms with Gasteiger partial charge in [0.05, 0.1) is 23.2 Å². The Labute approximate surface area is 190 Å². The van der Waals surface area contributed by atoms with Crippen molar-refractivity contribution in [2.45, 2.75) is 6.18 Å². The Bertz CT molecular complexity index is 1510. The molecular formula is C24H15F3N6O. The monoisotopic (exact) mass is 460 g/mol. The Morgan fingerprint density at radius 2 is 1.82 bits per heavy atom. The van der Waals surface area contributed by atoms with E-state index in [9.17, 15) is 18.0 Å². The third-order valence-corrected chi connectivity index (χ3v) is 5.25. The van der Waals surface area contributed by atoms with E-state index in [0.29, 0.717) is 22.3 Å². The van der Waals surface area contributed by atoms with E-state index >= 15 is 0 Å². The first-order chi connectivity index (χ1) is 16.3. The summed E-state index contributed by atoms with van der Waals surface area (Å²) in [7, 11) is 0. The molecule has 0 unspecified atom stereocenters. The van der Waals surface area contributed by atoms with Crippen LogP contribution in [0.5, 0.6) is 0 Å². The molecule has 0 radical (unpaired) electrons. The first kappa shape index (κ1) is 21.3. The van der Waals surface area contributed by atoms with Crippen molar-refractivity contribution in [3.8, 4) is 28.1 Å². The predicted molar refractivity (Wildman–Crippen MR) is 119 cm³/mol. The molecule has 0 saturated carbocycles. The summed E-state index contributed by atoms with van der Waals surface area (Å²) in [4.78, 5) is 27.7. The lowest BCUT2D eigenvalue weighted by Gasteiger charge is -2.14. The van der Waals surface area contributed by atoms with E-state index in [1.54, 1.807) is 47.4 Å². The summed E-state index contributed by atoms with van der Waals surface area (Å²) >= 11 is 0. The highest BCUT2D eigenvalue weighted by atomic mass is 19.4. The SMILES string of the molecule is NC(=O)c1ccc(-c2cc(C(F)(F)F)nc3c(-n4cnc(-c5cccnc5)c4)cccc23)cn1. The molecule has 1 amide bonds. The van der Waals surface area contributed by atoms with E-state index < -0.39 is 17.8 Å². The van der Waals surface area contributed by atoms with Crippen LogP contribution in [0.1, 0.15) is 16.2 Å². The number of hydrogen-bond donors (Lipinski definition) is 1. The van der Waals surface area contributed by atoms with Gasteiger partial charge in [0.25, 0.3) is 5.91 Å². The van der Waals surface area contributed by atoms with Crippen molar-refractivity contribution in [1.29, 1.82) is 0 Å². The number of fused-ring (bicyclic) bond motifs is 1. The summed E-state index contributed by atoms with van der Waals surface area (Å²) in [5.74, 6) is -0.728. The average Bonchev–Trinajstić information content (AvgIpc) is 3.33. The van der Waals surface area contributed by atoms with E-state index in [2.05, 4.69) is 19.9 Å². The lowest BCUT2D eigenvalue weighted by atomic mass is 10.00. The Morgan fingerprint density at radius 3 is 2.50 bits per heavy atom. The highest BCUT2D eigenvalue weighted by Crippen LogP contribution is 2.37. The summed E-state index contributed by atoms with van der Waals surface area (Å²) in [5.41, 5.74) is 6.81. The molecule has 7 nitrogen and oxygen atoms in total. The van der Waals surface area contributed by atoms with E-state index in [4.69, 9.17) is 5.73 Å². The van der Waals surface area contributed by atoms with Crippen LogP contribution in [0.15, 0.2) is 79.6 Å². The minimum absolute atomic E-state index is 0.0141. The van der Waals surface area contributed by atoms with E-state index in [1.807, 2.05) is 6.07 Å². The number of carbonyl (C=O) groups is 1. The number of para-hydroxylation sites is 1. The number of aromatic nitrogens is 5. The molecular weight excluding hydrogens is 445 g/mol. The molecule has 0 atom stereocenters. The van der Waals surface area contributed by atoms with Gasteiger partial charge in [0, 0.05) is 41.3 Å². The normalized spacial score (nSPS) is 11.6. The van der Waals surface area contributed by atoms with Crippen molar-refractivity contribution < 1.29 is 18.0 Å². The van der Waals surface area contributed by atoms with Gasteiger partial charge in [-0.3, -0.25) is 14.8 Å². The smallest absolute Gasteiger partial charge is 0.364 e. The first-order valence-electron chi connectivity index (χ1n) is 10.0. The Morgan fingerprint density at radius 1 is 0.971 bits per heavy atom. The Hall–Kier alpha value is -4.60. The molecule has 1 aromatic carbocycles. The third-order valence-electron chi connectivity index (χ3n) is 5.25. The zero-order valence-electron chi connectivity index (χ0n) is 17.4. The fourth-order valence-electron chi connectivity index (χ4n) is 3.64. The molecule has 0 aliphatic rings. The fourth-order valence-corrected chi connectivity index (χ4v) is 3.64. The van der Waals surface area contributed by atoms with Gasteiger partial charge in [0.15, 0.2) is 0 Å². The van der Waals surface area contributed by atoms with Gasteiger partial charge < -0.3 is 10.3 Å². The predicted octanol–water partition coefficient (Wildman–Crippen LogP) is 4.66. The molecule has 0 spiro atoms. The number of amides is 1. The number of primary amides is 1. The molecule has 0 fully saturated rings. The van der Waals surface area contributed by atoms with Gasteiger partial charge in [0.2, 0.25) is 0 Å². The second kappa shape index (κ2) is 8.07. The maximum absolute atomic E-state index is 13.8. The van der Waals surface area contributed by atoms with Gasteiger partial charge in [-0.1, -0.05) is 18.2 Å². The molecule has 4 heterocycles. The maximum Gasteiger partial charge on any atom is 0.433 e. The second-order valence-electron chi connectivity index (χ2n) is 7.43. The Balaban J connectivity index is 1.72. The van der Waals surface area contributed by atoms with Crippen LogP contribution in [0.3, 0.4) is 0 Å². The molecule has 0 saturated heterocycles. The van der Waals surface area contributed by atoms with Gasteiger partial charge in [-0.2, -0.15) is 13.2 Å². The number of hydrogen-bond acceptors (Lipinski definition) is 5. The zero-order chi connectivity index (χ0) is 23.9. The summed E-state index contributed by atoms with van der Waals surface area (Å²) in [6.45, 7) is 0. The van der Waals surface area contributed by atoms with Crippen LogP contribution in [-0.4, -0.2) is 30.4 Å². The van der Waals surface area contributed by atoms with Crippen molar-refractivity contribution in [2.24, 2.45) is 5.73 Å². The Kier molecular flexibility index (Phi) is 5.05. The number of pyridine rings is 3.